The average molecular weight is 215 g/mol. The van der Waals surface area contributed by atoms with Crippen molar-refractivity contribution in [3.63, 3.8) is 0 Å². The van der Waals surface area contributed by atoms with Gasteiger partial charge in [-0.1, -0.05) is 40.0 Å². The topological polar surface area (TPSA) is 49.3 Å². The predicted octanol–water partition coefficient (Wildman–Crippen LogP) is 2.09. The van der Waals surface area contributed by atoms with Gasteiger partial charge in [-0.25, -0.2) is 0 Å². The zero-order valence-electron chi connectivity index (χ0n) is 10.3. The third-order valence-electron chi connectivity index (χ3n) is 2.61. The van der Waals surface area contributed by atoms with Crippen LogP contribution in [0.5, 0.6) is 0 Å². The first-order valence-corrected chi connectivity index (χ1v) is 6.02. The van der Waals surface area contributed by atoms with E-state index in [1.807, 2.05) is 13.8 Å². The Labute approximate surface area is 93.3 Å². The van der Waals surface area contributed by atoms with Gasteiger partial charge in [0.25, 0.3) is 0 Å². The van der Waals surface area contributed by atoms with Crippen molar-refractivity contribution in [2.75, 3.05) is 6.61 Å². The Morgan fingerprint density at radius 1 is 1.27 bits per heavy atom. The summed E-state index contributed by atoms with van der Waals surface area (Å²) in [4.78, 5) is 11.5. The summed E-state index contributed by atoms with van der Waals surface area (Å²) in [6, 6.07) is -0.0938. The maximum absolute atomic E-state index is 11.5. The minimum absolute atomic E-state index is 0.0262. The quantitative estimate of drug-likeness (QED) is 0.609. The van der Waals surface area contributed by atoms with Crippen molar-refractivity contribution in [1.82, 2.24) is 5.32 Å². The number of aliphatic hydroxyl groups excluding tert-OH is 1. The van der Waals surface area contributed by atoms with Crippen molar-refractivity contribution in [3.8, 4) is 0 Å². The Balaban J connectivity index is 3.62. The number of rotatable bonds is 8. The Morgan fingerprint density at radius 2 is 1.93 bits per heavy atom. The molecule has 0 aliphatic carbocycles. The minimum atomic E-state index is -0.0938. The van der Waals surface area contributed by atoms with Crippen LogP contribution in [0, 0.1) is 5.92 Å². The minimum Gasteiger partial charge on any atom is -0.394 e. The molecule has 0 rings (SSSR count). The van der Waals surface area contributed by atoms with Crippen molar-refractivity contribution in [3.05, 3.63) is 0 Å². The lowest BCUT2D eigenvalue weighted by Gasteiger charge is -2.19. The molecule has 0 unspecified atom stereocenters. The summed E-state index contributed by atoms with van der Waals surface area (Å²) in [6.07, 6.45) is 5.04. The zero-order chi connectivity index (χ0) is 11.7. The maximum Gasteiger partial charge on any atom is 0.220 e. The number of carbonyl (C=O) groups excluding carboxylic acids is 1. The molecule has 0 aliphatic rings. The molecule has 0 saturated carbocycles. The molecular weight excluding hydrogens is 190 g/mol. The molecule has 0 bridgehead atoms. The van der Waals surface area contributed by atoms with E-state index in [-0.39, 0.29) is 24.5 Å². The van der Waals surface area contributed by atoms with E-state index in [9.17, 15) is 4.79 Å². The average Bonchev–Trinajstić information content (AvgIpc) is 2.20. The molecule has 90 valence electrons. The van der Waals surface area contributed by atoms with Crippen LogP contribution < -0.4 is 5.32 Å². The van der Waals surface area contributed by atoms with Gasteiger partial charge in [-0.3, -0.25) is 4.79 Å². The maximum atomic E-state index is 11.5. The summed E-state index contributed by atoms with van der Waals surface area (Å²) in [5, 5.41) is 11.9. The number of hydrogen-bond acceptors (Lipinski definition) is 2. The Bertz CT molecular complexity index is 169. The fraction of sp³-hybridized carbons (Fsp3) is 0.917. The predicted molar refractivity (Wildman–Crippen MR) is 62.6 cm³/mol. The molecule has 0 spiro atoms. The van der Waals surface area contributed by atoms with Crippen LogP contribution in [-0.4, -0.2) is 23.7 Å². The van der Waals surface area contributed by atoms with E-state index in [1.165, 1.54) is 12.8 Å². The van der Waals surface area contributed by atoms with Crippen LogP contribution in [0.15, 0.2) is 0 Å². The van der Waals surface area contributed by atoms with Crippen LogP contribution in [0.3, 0.4) is 0 Å². The van der Waals surface area contributed by atoms with E-state index in [0.717, 1.165) is 12.8 Å². The van der Waals surface area contributed by atoms with Gasteiger partial charge in [0, 0.05) is 6.42 Å². The molecular formula is C12H25NO2. The number of carbonyl (C=O) groups is 1. The number of aliphatic hydroxyl groups is 1. The highest BCUT2D eigenvalue weighted by Gasteiger charge is 2.14. The number of unbranched alkanes of at least 4 members (excludes halogenated alkanes) is 3. The van der Waals surface area contributed by atoms with Crippen LogP contribution in [-0.2, 0) is 4.79 Å². The molecule has 0 aliphatic heterocycles. The Hall–Kier alpha value is -0.570. The van der Waals surface area contributed by atoms with E-state index in [2.05, 4.69) is 12.2 Å². The lowest BCUT2D eigenvalue weighted by Crippen LogP contribution is -2.41. The molecule has 15 heavy (non-hydrogen) atoms. The first-order chi connectivity index (χ1) is 7.11. The van der Waals surface area contributed by atoms with Crippen LogP contribution in [0.1, 0.15) is 52.9 Å². The lowest BCUT2D eigenvalue weighted by molar-refractivity contribution is -0.122. The fourth-order valence-corrected chi connectivity index (χ4v) is 1.41. The normalized spacial score (nSPS) is 12.9. The second-order valence-electron chi connectivity index (χ2n) is 4.41. The van der Waals surface area contributed by atoms with Gasteiger partial charge < -0.3 is 10.4 Å². The van der Waals surface area contributed by atoms with Gasteiger partial charge in [0.05, 0.1) is 12.6 Å². The highest BCUT2D eigenvalue weighted by molar-refractivity contribution is 5.76. The molecule has 0 heterocycles. The molecule has 0 radical (unpaired) electrons. The van der Waals surface area contributed by atoms with Gasteiger partial charge in [0.15, 0.2) is 0 Å². The van der Waals surface area contributed by atoms with E-state index in [4.69, 9.17) is 5.11 Å². The second kappa shape index (κ2) is 8.72. The highest BCUT2D eigenvalue weighted by atomic mass is 16.3. The van der Waals surface area contributed by atoms with Crippen LogP contribution in [0.25, 0.3) is 0 Å². The van der Waals surface area contributed by atoms with E-state index < -0.39 is 0 Å². The molecule has 0 fully saturated rings. The van der Waals surface area contributed by atoms with Crippen molar-refractivity contribution in [2.24, 2.45) is 5.92 Å². The zero-order valence-corrected chi connectivity index (χ0v) is 10.3. The summed E-state index contributed by atoms with van der Waals surface area (Å²) >= 11 is 0. The van der Waals surface area contributed by atoms with Crippen molar-refractivity contribution >= 4 is 5.91 Å². The molecule has 3 heteroatoms. The summed E-state index contributed by atoms with van der Waals surface area (Å²) in [5.41, 5.74) is 0. The summed E-state index contributed by atoms with van der Waals surface area (Å²) in [6.45, 7) is 6.18. The van der Waals surface area contributed by atoms with Gasteiger partial charge in [-0.15, -0.1) is 0 Å². The molecule has 2 N–H and O–H groups in total. The van der Waals surface area contributed by atoms with Crippen LogP contribution in [0.4, 0.5) is 0 Å². The molecule has 0 aromatic carbocycles. The van der Waals surface area contributed by atoms with Gasteiger partial charge in [-0.05, 0) is 12.3 Å². The Morgan fingerprint density at radius 3 is 2.40 bits per heavy atom. The first-order valence-electron chi connectivity index (χ1n) is 6.02. The molecule has 3 nitrogen and oxygen atoms in total. The van der Waals surface area contributed by atoms with Gasteiger partial charge >= 0.3 is 0 Å². The molecule has 1 amide bonds. The molecule has 1 atom stereocenters. The highest BCUT2D eigenvalue weighted by Crippen LogP contribution is 2.04. The summed E-state index contributed by atoms with van der Waals surface area (Å²) in [7, 11) is 0. The lowest BCUT2D eigenvalue weighted by atomic mass is 10.0. The molecule has 0 saturated heterocycles. The van der Waals surface area contributed by atoms with Crippen LogP contribution >= 0.6 is 0 Å². The third-order valence-corrected chi connectivity index (χ3v) is 2.61. The van der Waals surface area contributed by atoms with Gasteiger partial charge in [0.1, 0.15) is 0 Å². The Kier molecular flexibility index (Phi) is 8.38. The number of amides is 1. The van der Waals surface area contributed by atoms with E-state index >= 15 is 0 Å². The van der Waals surface area contributed by atoms with Gasteiger partial charge in [-0.2, -0.15) is 0 Å². The van der Waals surface area contributed by atoms with E-state index in [0.29, 0.717) is 6.42 Å². The third kappa shape index (κ3) is 7.37. The smallest absolute Gasteiger partial charge is 0.220 e. The summed E-state index contributed by atoms with van der Waals surface area (Å²) < 4.78 is 0. The van der Waals surface area contributed by atoms with Crippen LogP contribution in [0.2, 0.25) is 0 Å². The molecule has 0 aromatic heterocycles. The fourth-order valence-electron chi connectivity index (χ4n) is 1.41. The monoisotopic (exact) mass is 215 g/mol. The van der Waals surface area contributed by atoms with Crippen molar-refractivity contribution in [1.29, 1.82) is 0 Å². The standard InChI is InChI=1S/C12H25NO2/c1-4-5-6-7-8-12(15)13-11(9-14)10(2)3/h10-11,14H,4-9H2,1-3H3,(H,13,15)/t11-/m1/s1. The van der Waals surface area contributed by atoms with E-state index in [1.54, 1.807) is 0 Å². The van der Waals surface area contributed by atoms with Gasteiger partial charge in [0.2, 0.25) is 5.91 Å². The largest absolute Gasteiger partial charge is 0.394 e. The molecule has 0 aromatic rings. The first kappa shape index (κ1) is 14.4. The number of nitrogens with one attached hydrogen (secondary N) is 1. The SMILES string of the molecule is CCCCCCC(=O)N[C@H](CO)C(C)C. The summed E-state index contributed by atoms with van der Waals surface area (Å²) in [5.74, 6) is 0.355. The number of hydrogen-bond donors (Lipinski definition) is 2. The second-order valence-corrected chi connectivity index (χ2v) is 4.41. The van der Waals surface area contributed by atoms with Crippen molar-refractivity contribution < 1.29 is 9.90 Å². The van der Waals surface area contributed by atoms with Crippen molar-refractivity contribution in [2.45, 2.75) is 58.9 Å².